The first kappa shape index (κ1) is 17.5. The van der Waals surface area contributed by atoms with Gasteiger partial charge in [-0.1, -0.05) is 20.4 Å². The Balaban J connectivity index is 0.000000956. The normalized spacial score (nSPS) is 28.8. The van der Waals surface area contributed by atoms with Crippen molar-refractivity contribution in [3.8, 4) is 0 Å². The van der Waals surface area contributed by atoms with E-state index < -0.39 is 0 Å². The van der Waals surface area contributed by atoms with Crippen molar-refractivity contribution in [2.75, 3.05) is 32.7 Å². The summed E-state index contributed by atoms with van der Waals surface area (Å²) in [5.41, 5.74) is 1.23. The number of piperidine rings is 1. The maximum absolute atomic E-state index is 4.05. The number of rotatable bonds is 3. The molecule has 2 unspecified atom stereocenters. The largest absolute Gasteiger partial charge is 0.376 e. The molecule has 0 spiro atoms. The van der Waals surface area contributed by atoms with Crippen LogP contribution < -0.4 is 5.32 Å². The lowest BCUT2D eigenvalue weighted by molar-refractivity contribution is 0.102. The van der Waals surface area contributed by atoms with E-state index in [-0.39, 0.29) is 0 Å². The minimum atomic E-state index is 0.650. The van der Waals surface area contributed by atoms with Crippen LogP contribution in [0, 0.1) is 5.92 Å². The summed E-state index contributed by atoms with van der Waals surface area (Å²) < 4.78 is 0. The van der Waals surface area contributed by atoms with E-state index in [1.54, 1.807) is 0 Å². The highest BCUT2D eigenvalue weighted by Crippen LogP contribution is 2.22. The number of allylic oxidation sites excluding steroid dienone is 1. The summed E-state index contributed by atoms with van der Waals surface area (Å²) in [6, 6.07) is 1.34. The summed E-state index contributed by atoms with van der Waals surface area (Å²) in [5.74, 6) is 0.883. The lowest BCUT2D eigenvalue weighted by atomic mass is 9.94. The third-order valence-electron chi connectivity index (χ3n) is 4.54. The molecule has 1 N–H and O–H groups in total. The zero-order valence-corrected chi connectivity index (χ0v) is 14.3. The molecule has 0 aliphatic carbocycles. The highest BCUT2D eigenvalue weighted by atomic mass is 15.2. The van der Waals surface area contributed by atoms with Gasteiger partial charge in [-0.05, 0) is 39.5 Å². The zero-order valence-electron chi connectivity index (χ0n) is 14.3. The van der Waals surface area contributed by atoms with Gasteiger partial charge in [0.2, 0.25) is 0 Å². The Morgan fingerprint density at radius 1 is 1.20 bits per heavy atom. The third kappa shape index (κ3) is 5.10. The van der Waals surface area contributed by atoms with Crippen LogP contribution in [0.4, 0.5) is 0 Å². The Kier molecular flexibility index (Phi) is 7.60. The fraction of sp³-hybridized carbons (Fsp3) is 0.882. The number of nitrogens with zero attached hydrogens (tertiary/aromatic N) is 2. The monoisotopic (exact) mass is 281 g/mol. The summed E-state index contributed by atoms with van der Waals surface area (Å²) in [6.07, 6.45) is 2.66. The first-order valence-corrected chi connectivity index (χ1v) is 8.44. The quantitative estimate of drug-likeness (QED) is 0.858. The third-order valence-corrected chi connectivity index (χ3v) is 4.54. The second-order valence-corrected chi connectivity index (χ2v) is 6.28. The van der Waals surface area contributed by atoms with Crippen LogP contribution in [-0.2, 0) is 0 Å². The smallest absolute Gasteiger partial charge is 0.0193 e. The van der Waals surface area contributed by atoms with Gasteiger partial charge in [0.15, 0.2) is 0 Å². The lowest BCUT2D eigenvalue weighted by Gasteiger charge is -2.41. The maximum atomic E-state index is 4.05. The molecule has 2 aliphatic rings. The minimum absolute atomic E-state index is 0.650. The van der Waals surface area contributed by atoms with Crippen LogP contribution >= 0.6 is 0 Å². The highest BCUT2D eigenvalue weighted by Gasteiger charge is 2.26. The second-order valence-electron chi connectivity index (χ2n) is 6.28. The molecule has 2 heterocycles. The van der Waals surface area contributed by atoms with E-state index in [0.29, 0.717) is 12.1 Å². The average Bonchev–Trinajstić information content (AvgIpc) is 2.46. The first-order valence-electron chi connectivity index (χ1n) is 8.44. The lowest BCUT2D eigenvalue weighted by Crippen LogP contribution is -2.55. The molecule has 20 heavy (non-hydrogen) atoms. The maximum Gasteiger partial charge on any atom is 0.0193 e. The number of hydrogen-bond donors (Lipinski definition) is 1. The van der Waals surface area contributed by atoms with E-state index in [4.69, 9.17) is 0 Å². The number of nitrogens with one attached hydrogen (secondary N) is 1. The second kappa shape index (κ2) is 8.68. The molecular formula is C17H35N3. The van der Waals surface area contributed by atoms with Gasteiger partial charge >= 0.3 is 0 Å². The number of piperazine rings is 1. The standard InChI is InChI=1S/C15H29N3.C2H6/c1-12(2)17-7-5-15(6-8-17)11-18-10-13(3)16-9-14(18)4;1-2/h13-16H,1,5-11H2,2-4H3;1-2H3. The van der Waals surface area contributed by atoms with E-state index in [9.17, 15) is 0 Å². The molecule has 2 atom stereocenters. The molecular weight excluding hydrogens is 246 g/mol. The van der Waals surface area contributed by atoms with Gasteiger partial charge in [0, 0.05) is 50.5 Å². The van der Waals surface area contributed by atoms with Gasteiger partial charge in [-0.2, -0.15) is 0 Å². The minimum Gasteiger partial charge on any atom is -0.376 e. The molecule has 2 aliphatic heterocycles. The molecule has 0 radical (unpaired) electrons. The van der Waals surface area contributed by atoms with Crippen LogP contribution in [0.2, 0.25) is 0 Å². The van der Waals surface area contributed by atoms with Crippen LogP contribution in [0.25, 0.3) is 0 Å². The Morgan fingerprint density at radius 2 is 1.80 bits per heavy atom. The van der Waals surface area contributed by atoms with Gasteiger partial charge in [-0.15, -0.1) is 0 Å². The molecule has 118 valence electrons. The van der Waals surface area contributed by atoms with Crippen LogP contribution in [0.1, 0.15) is 47.5 Å². The topological polar surface area (TPSA) is 18.5 Å². The highest BCUT2D eigenvalue weighted by molar-refractivity contribution is 4.92. The summed E-state index contributed by atoms with van der Waals surface area (Å²) in [4.78, 5) is 5.11. The molecule has 3 nitrogen and oxygen atoms in total. The fourth-order valence-corrected chi connectivity index (χ4v) is 3.18. The van der Waals surface area contributed by atoms with Crippen molar-refractivity contribution >= 4 is 0 Å². The summed E-state index contributed by atoms with van der Waals surface area (Å²) in [6.45, 7) is 20.9. The van der Waals surface area contributed by atoms with Crippen molar-refractivity contribution in [1.29, 1.82) is 0 Å². The fourth-order valence-electron chi connectivity index (χ4n) is 3.18. The molecule has 0 bridgehead atoms. The molecule has 2 rings (SSSR count). The molecule has 2 fully saturated rings. The van der Waals surface area contributed by atoms with Gasteiger partial charge in [-0.3, -0.25) is 4.90 Å². The Morgan fingerprint density at radius 3 is 2.35 bits per heavy atom. The van der Waals surface area contributed by atoms with Gasteiger partial charge in [0.05, 0.1) is 0 Å². The number of likely N-dealkylation sites (tertiary alicyclic amines) is 1. The van der Waals surface area contributed by atoms with Gasteiger partial charge in [0.1, 0.15) is 0 Å². The average molecular weight is 281 g/mol. The van der Waals surface area contributed by atoms with Crippen LogP contribution in [0.15, 0.2) is 12.3 Å². The predicted molar refractivity (Wildman–Crippen MR) is 89.0 cm³/mol. The molecule has 0 aromatic heterocycles. The molecule has 0 saturated carbocycles. The Labute approximate surface area is 126 Å². The number of hydrogen-bond acceptors (Lipinski definition) is 3. The van der Waals surface area contributed by atoms with Crippen molar-refractivity contribution in [1.82, 2.24) is 15.1 Å². The van der Waals surface area contributed by atoms with Crippen molar-refractivity contribution < 1.29 is 0 Å². The predicted octanol–water partition coefficient (Wildman–Crippen LogP) is 2.94. The summed E-state index contributed by atoms with van der Waals surface area (Å²) in [5, 5.41) is 3.56. The van der Waals surface area contributed by atoms with Crippen molar-refractivity contribution in [2.24, 2.45) is 5.92 Å². The SMILES string of the molecule is C=C(C)N1CCC(CN2CC(C)NCC2C)CC1.CC. The van der Waals surface area contributed by atoms with Crippen molar-refractivity contribution in [2.45, 2.75) is 59.5 Å². The van der Waals surface area contributed by atoms with E-state index in [1.807, 2.05) is 13.8 Å². The zero-order chi connectivity index (χ0) is 15.1. The Hall–Kier alpha value is -0.540. The summed E-state index contributed by atoms with van der Waals surface area (Å²) >= 11 is 0. The molecule has 0 amide bonds. The van der Waals surface area contributed by atoms with E-state index in [0.717, 1.165) is 12.5 Å². The molecule has 0 aromatic rings. The molecule has 0 aromatic carbocycles. The van der Waals surface area contributed by atoms with Gasteiger partial charge in [0.25, 0.3) is 0 Å². The van der Waals surface area contributed by atoms with E-state index in [2.05, 4.69) is 42.5 Å². The Bertz CT molecular complexity index is 282. The van der Waals surface area contributed by atoms with E-state index >= 15 is 0 Å². The van der Waals surface area contributed by atoms with Crippen LogP contribution in [0.3, 0.4) is 0 Å². The first-order chi connectivity index (χ1) is 9.56. The van der Waals surface area contributed by atoms with Crippen LogP contribution in [-0.4, -0.2) is 54.6 Å². The van der Waals surface area contributed by atoms with Crippen molar-refractivity contribution in [3.05, 3.63) is 12.3 Å². The van der Waals surface area contributed by atoms with Gasteiger partial charge < -0.3 is 10.2 Å². The van der Waals surface area contributed by atoms with Crippen LogP contribution in [0.5, 0.6) is 0 Å². The summed E-state index contributed by atoms with van der Waals surface area (Å²) in [7, 11) is 0. The van der Waals surface area contributed by atoms with Gasteiger partial charge in [-0.25, -0.2) is 0 Å². The molecule has 3 heteroatoms. The van der Waals surface area contributed by atoms with Crippen molar-refractivity contribution in [3.63, 3.8) is 0 Å². The molecule has 2 saturated heterocycles. The van der Waals surface area contributed by atoms with E-state index in [1.165, 1.54) is 44.7 Å².